The lowest BCUT2D eigenvalue weighted by Gasteiger charge is -2.37. The first kappa shape index (κ1) is 22.9. The number of fused-ring (bicyclic) bond motifs is 1. The highest BCUT2D eigenvalue weighted by Gasteiger charge is 2.31. The van der Waals surface area contributed by atoms with Crippen LogP contribution in [0.2, 0.25) is 0 Å². The highest BCUT2D eigenvalue weighted by molar-refractivity contribution is 5.94. The average molecular weight is 453 g/mol. The Kier molecular flexibility index (Phi) is 7.03. The zero-order valence-corrected chi connectivity index (χ0v) is 19.5. The van der Waals surface area contributed by atoms with E-state index in [1.165, 1.54) is 0 Å². The van der Waals surface area contributed by atoms with E-state index in [4.69, 9.17) is 9.47 Å². The van der Waals surface area contributed by atoms with Crippen molar-refractivity contribution in [3.63, 3.8) is 0 Å². The van der Waals surface area contributed by atoms with Crippen molar-refractivity contribution in [3.05, 3.63) is 53.6 Å². The van der Waals surface area contributed by atoms with Crippen LogP contribution in [0.15, 0.2) is 42.5 Å². The topological polar surface area (TPSA) is 83.1 Å². The van der Waals surface area contributed by atoms with E-state index in [-0.39, 0.29) is 24.6 Å². The molecule has 0 saturated carbocycles. The number of carbonyl (C=O) groups excluding carboxylic acids is 2. The smallest absolute Gasteiger partial charge is 0.319 e. The van der Waals surface area contributed by atoms with Gasteiger partial charge in [-0.3, -0.25) is 9.69 Å². The molecule has 4 rings (SSSR count). The van der Waals surface area contributed by atoms with Gasteiger partial charge in [-0.2, -0.15) is 0 Å². The molecule has 2 aromatic carbocycles. The fourth-order valence-corrected chi connectivity index (χ4v) is 4.15. The van der Waals surface area contributed by atoms with E-state index >= 15 is 0 Å². The minimum absolute atomic E-state index is 0.0215. The Morgan fingerprint density at radius 3 is 2.45 bits per heavy atom. The number of ether oxygens (including phenoxy) is 2. The molecule has 2 aliphatic heterocycles. The summed E-state index contributed by atoms with van der Waals surface area (Å²) in [4.78, 5) is 30.0. The fraction of sp³-hybridized carbons (Fsp3) is 0.440. The zero-order chi connectivity index (χ0) is 23.4. The van der Waals surface area contributed by atoms with Crippen LogP contribution in [-0.2, 0) is 11.3 Å². The molecule has 2 aliphatic rings. The molecule has 0 spiro atoms. The number of nitrogens with one attached hydrogen (secondary N) is 2. The Morgan fingerprint density at radius 2 is 1.73 bits per heavy atom. The minimum atomic E-state index is -0.575. The summed E-state index contributed by atoms with van der Waals surface area (Å²) in [5.41, 5.74) is 2.87. The van der Waals surface area contributed by atoms with Gasteiger partial charge in [0.05, 0.1) is 0 Å². The van der Waals surface area contributed by atoms with Gasteiger partial charge >= 0.3 is 6.03 Å². The first-order valence-electron chi connectivity index (χ1n) is 11.4. The standard InChI is InChI=1S/C25H32N4O4/c1-17(2)23(27-25(31)26-20-7-5-4-6-18(20)3)24(30)29-12-10-28(11-13-29)15-19-8-9-21-22(14-19)33-16-32-21/h4-9,14,17,23H,10-13,15-16H2,1-3H3,(H2,26,27,31). The molecule has 2 aromatic rings. The second kappa shape index (κ2) is 10.1. The number of rotatable bonds is 6. The fourth-order valence-electron chi connectivity index (χ4n) is 4.15. The van der Waals surface area contributed by atoms with Crippen LogP contribution in [0.3, 0.4) is 0 Å². The van der Waals surface area contributed by atoms with Gasteiger partial charge in [-0.1, -0.05) is 38.1 Å². The van der Waals surface area contributed by atoms with Gasteiger partial charge in [0.1, 0.15) is 6.04 Å². The zero-order valence-electron chi connectivity index (χ0n) is 19.5. The van der Waals surface area contributed by atoms with Gasteiger partial charge in [0.25, 0.3) is 0 Å². The molecule has 2 N–H and O–H groups in total. The Hall–Kier alpha value is -3.26. The monoisotopic (exact) mass is 452 g/mol. The lowest BCUT2D eigenvalue weighted by atomic mass is 10.0. The van der Waals surface area contributed by atoms with E-state index in [0.717, 1.165) is 47.9 Å². The molecular weight excluding hydrogens is 420 g/mol. The van der Waals surface area contributed by atoms with Crippen molar-refractivity contribution in [2.75, 3.05) is 38.3 Å². The number of carbonyl (C=O) groups is 2. The average Bonchev–Trinajstić information content (AvgIpc) is 3.27. The molecule has 0 radical (unpaired) electrons. The van der Waals surface area contributed by atoms with Gasteiger partial charge in [-0.25, -0.2) is 4.79 Å². The van der Waals surface area contributed by atoms with E-state index in [1.807, 2.05) is 62.1 Å². The summed E-state index contributed by atoms with van der Waals surface area (Å²) in [6.45, 7) is 9.72. The summed E-state index contributed by atoms with van der Waals surface area (Å²) in [5, 5.41) is 5.74. The van der Waals surface area contributed by atoms with Crippen LogP contribution in [0, 0.1) is 12.8 Å². The predicted octanol–water partition coefficient (Wildman–Crippen LogP) is 3.21. The maximum Gasteiger partial charge on any atom is 0.319 e. The van der Waals surface area contributed by atoms with E-state index in [1.54, 1.807) is 0 Å². The number of hydrogen-bond donors (Lipinski definition) is 2. The molecule has 33 heavy (non-hydrogen) atoms. The SMILES string of the molecule is Cc1ccccc1NC(=O)NC(C(=O)N1CCN(Cc2ccc3c(c2)OCO3)CC1)C(C)C. The number of piperazine rings is 1. The van der Waals surface area contributed by atoms with Crippen LogP contribution in [0.4, 0.5) is 10.5 Å². The molecule has 1 atom stereocenters. The van der Waals surface area contributed by atoms with Crippen molar-refractivity contribution in [1.82, 2.24) is 15.1 Å². The van der Waals surface area contributed by atoms with E-state index in [9.17, 15) is 9.59 Å². The normalized spacial score (nSPS) is 16.5. The number of nitrogens with zero attached hydrogens (tertiary/aromatic N) is 2. The molecule has 1 saturated heterocycles. The minimum Gasteiger partial charge on any atom is -0.454 e. The molecule has 0 bridgehead atoms. The van der Waals surface area contributed by atoms with E-state index < -0.39 is 6.04 Å². The van der Waals surface area contributed by atoms with Crippen LogP contribution in [0.5, 0.6) is 11.5 Å². The number of anilines is 1. The van der Waals surface area contributed by atoms with Crippen LogP contribution in [0.1, 0.15) is 25.0 Å². The number of aryl methyl sites for hydroxylation is 1. The van der Waals surface area contributed by atoms with Crippen LogP contribution >= 0.6 is 0 Å². The highest BCUT2D eigenvalue weighted by atomic mass is 16.7. The molecule has 8 nitrogen and oxygen atoms in total. The Balaban J connectivity index is 1.30. The lowest BCUT2D eigenvalue weighted by Crippen LogP contribution is -2.56. The molecule has 1 fully saturated rings. The third-order valence-electron chi connectivity index (χ3n) is 6.14. The van der Waals surface area contributed by atoms with Gasteiger partial charge in [-0.05, 0) is 42.2 Å². The summed E-state index contributed by atoms with van der Waals surface area (Å²) in [7, 11) is 0. The second-order valence-corrected chi connectivity index (χ2v) is 8.92. The third-order valence-corrected chi connectivity index (χ3v) is 6.14. The summed E-state index contributed by atoms with van der Waals surface area (Å²) in [6.07, 6.45) is 0. The molecule has 2 heterocycles. The van der Waals surface area contributed by atoms with Crippen LogP contribution in [-0.4, -0.2) is 60.8 Å². The Morgan fingerprint density at radius 1 is 1.00 bits per heavy atom. The summed E-state index contributed by atoms with van der Waals surface area (Å²) in [5.74, 6) is 1.52. The molecule has 0 aromatic heterocycles. The van der Waals surface area contributed by atoms with Gasteiger partial charge < -0.3 is 25.0 Å². The number of amides is 3. The first-order valence-corrected chi connectivity index (χ1v) is 11.4. The number of para-hydroxylation sites is 1. The van der Waals surface area contributed by atoms with Gasteiger partial charge in [-0.15, -0.1) is 0 Å². The molecule has 176 valence electrons. The van der Waals surface area contributed by atoms with Gasteiger partial charge in [0, 0.05) is 38.4 Å². The number of urea groups is 1. The maximum atomic E-state index is 13.2. The van der Waals surface area contributed by atoms with Crippen molar-refractivity contribution in [3.8, 4) is 11.5 Å². The molecule has 0 aliphatic carbocycles. The van der Waals surface area contributed by atoms with Crippen molar-refractivity contribution in [1.29, 1.82) is 0 Å². The Bertz CT molecular complexity index is 1000. The van der Waals surface area contributed by atoms with Gasteiger partial charge in [0.15, 0.2) is 11.5 Å². The molecule has 3 amide bonds. The largest absolute Gasteiger partial charge is 0.454 e. The third kappa shape index (κ3) is 5.57. The highest BCUT2D eigenvalue weighted by Crippen LogP contribution is 2.32. The van der Waals surface area contributed by atoms with Gasteiger partial charge in [0.2, 0.25) is 12.7 Å². The molecular formula is C25H32N4O4. The van der Waals surface area contributed by atoms with E-state index in [2.05, 4.69) is 21.6 Å². The van der Waals surface area contributed by atoms with Crippen molar-refractivity contribution >= 4 is 17.6 Å². The summed E-state index contributed by atoms with van der Waals surface area (Å²) in [6, 6.07) is 12.7. The first-order chi connectivity index (χ1) is 15.9. The quantitative estimate of drug-likeness (QED) is 0.703. The molecule has 1 unspecified atom stereocenters. The van der Waals surface area contributed by atoms with E-state index in [0.29, 0.717) is 13.1 Å². The Labute approximate surface area is 194 Å². The maximum absolute atomic E-state index is 13.2. The summed E-state index contributed by atoms with van der Waals surface area (Å²) >= 11 is 0. The second-order valence-electron chi connectivity index (χ2n) is 8.92. The molecule has 8 heteroatoms. The lowest BCUT2D eigenvalue weighted by molar-refractivity contribution is -0.136. The van der Waals surface area contributed by atoms with Crippen molar-refractivity contribution in [2.45, 2.75) is 33.4 Å². The summed E-state index contributed by atoms with van der Waals surface area (Å²) < 4.78 is 10.8. The van der Waals surface area contributed by atoms with Crippen LogP contribution < -0.4 is 20.1 Å². The predicted molar refractivity (Wildman–Crippen MR) is 126 cm³/mol. The van der Waals surface area contributed by atoms with Crippen molar-refractivity contribution in [2.24, 2.45) is 5.92 Å². The van der Waals surface area contributed by atoms with Crippen LogP contribution in [0.25, 0.3) is 0 Å². The number of benzene rings is 2. The van der Waals surface area contributed by atoms with Crippen molar-refractivity contribution < 1.29 is 19.1 Å². The number of hydrogen-bond acceptors (Lipinski definition) is 5.